The lowest BCUT2D eigenvalue weighted by molar-refractivity contribution is -0.145. The monoisotopic (exact) mass is 413 g/mol. The molecule has 3 rings (SSSR count). The highest BCUT2D eigenvalue weighted by atomic mass is 16.2. The number of hydrogen-bond acceptors (Lipinski definition) is 5. The number of nitrogens with zero attached hydrogens (tertiary/aromatic N) is 2. The van der Waals surface area contributed by atoms with E-state index in [9.17, 15) is 24.0 Å². The molecule has 2 aliphatic rings. The number of urea groups is 1. The van der Waals surface area contributed by atoms with Crippen LogP contribution in [0, 0.1) is 5.92 Å². The Morgan fingerprint density at radius 2 is 1.73 bits per heavy atom. The molecular formula is C22H27N3O5. The van der Waals surface area contributed by atoms with Gasteiger partial charge in [0.1, 0.15) is 6.54 Å². The van der Waals surface area contributed by atoms with Crippen molar-refractivity contribution in [2.24, 2.45) is 5.92 Å². The lowest BCUT2D eigenvalue weighted by atomic mass is 9.85. The van der Waals surface area contributed by atoms with Crippen molar-refractivity contribution in [3.8, 4) is 0 Å². The minimum Gasteiger partial charge on any atom is -0.344 e. The van der Waals surface area contributed by atoms with E-state index in [0.717, 1.165) is 29.7 Å². The zero-order valence-electron chi connectivity index (χ0n) is 17.3. The van der Waals surface area contributed by atoms with Gasteiger partial charge in [0, 0.05) is 6.04 Å². The summed E-state index contributed by atoms with van der Waals surface area (Å²) in [6, 6.07) is 7.36. The van der Waals surface area contributed by atoms with Crippen LogP contribution in [0.4, 0.5) is 4.79 Å². The number of amides is 5. The van der Waals surface area contributed by atoms with E-state index in [4.69, 9.17) is 0 Å². The number of carbonyl (C=O) groups excluding carboxylic acids is 5. The first-order valence-corrected chi connectivity index (χ1v) is 10.3. The number of nitrogens with one attached hydrogen (secondary N) is 1. The molecule has 5 amide bonds. The van der Waals surface area contributed by atoms with Crippen LogP contribution in [0.2, 0.25) is 0 Å². The molecule has 0 aromatic heterocycles. The van der Waals surface area contributed by atoms with Gasteiger partial charge in [0.2, 0.25) is 5.91 Å². The van der Waals surface area contributed by atoms with E-state index in [0.29, 0.717) is 17.7 Å². The molecule has 1 aromatic carbocycles. The van der Waals surface area contributed by atoms with Crippen molar-refractivity contribution < 1.29 is 24.0 Å². The Balaban J connectivity index is 1.66. The van der Waals surface area contributed by atoms with Crippen molar-refractivity contribution >= 4 is 29.5 Å². The summed E-state index contributed by atoms with van der Waals surface area (Å²) in [4.78, 5) is 63.8. The first-order valence-electron chi connectivity index (χ1n) is 10.3. The summed E-state index contributed by atoms with van der Waals surface area (Å²) in [6.45, 7) is 2.75. The summed E-state index contributed by atoms with van der Waals surface area (Å²) in [5.74, 6) is -2.64. The molecule has 3 atom stereocenters. The summed E-state index contributed by atoms with van der Waals surface area (Å²) < 4.78 is 0. The lowest BCUT2D eigenvalue weighted by Crippen LogP contribution is -2.49. The third kappa shape index (κ3) is 4.58. The zero-order valence-corrected chi connectivity index (χ0v) is 17.3. The molecule has 1 heterocycles. The second-order valence-electron chi connectivity index (χ2n) is 8.10. The molecule has 2 fully saturated rings. The molecule has 1 saturated carbocycles. The van der Waals surface area contributed by atoms with E-state index in [1.807, 2.05) is 37.3 Å². The standard InChI is InChI=1S/C22H27N3O5/c1-14-8-6-7-11-18(14)25-21(29)20(28)24(22(25)30)13-19(27)23-17(15(2)26)12-16-9-4-3-5-10-16/h3-5,9-10,14,17-18H,6-8,11-13H2,1-2H3,(H,23,27)/t14-,17-,18-/m0/s1. The van der Waals surface area contributed by atoms with Gasteiger partial charge in [-0.05, 0) is 37.7 Å². The number of Topliss-reactive ketones (excluding diaryl/α,β-unsaturated/α-hetero) is 1. The summed E-state index contributed by atoms with van der Waals surface area (Å²) in [5.41, 5.74) is 0.874. The summed E-state index contributed by atoms with van der Waals surface area (Å²) in [7, 11) is 0. The number of imide groups is 2. The van der Waals surface area contributed by atoms with Crippen LogP contribution in [0.15, 0.2) is 30.3 Å². The lowest BCUT2D eigenvalue weighted by Gasteiger charge is -2.34. The molecule has 0 spiro atoms. The molecule has 1 aliphatic heterocycles. The van der Waals surface area contributed by atoms with Gasteiger partial charge < -0.3 is 5.32 Å². The Hall–Kier alpha value is -3.03. The summed E-state index contributed by atoms with van der Waals surface area (Å²) >= 11 is 0. The second kappa shape index (κ2) is 9.19. The fourth-order valence-corrected chi connectivity index (χ4v) is 4.16. The molecule has 0 radical (unpaired) electrons. The molecule has 1 saturated heterocycles. The maximum atomic E-state index is 12.8. The van der Waals surface area contributed by atoms with Gasteiger partial charge in [0.25, 0.3) is 0 Å². The predicted octanol–water partition coefficient (Wildman–Crippen LogP) is 1.67. The first kappa shape index (κ1) is 21.7. The Kier molecular flexibility index (Phi) is 6.64. The van der Waals surface area contributed by atoms with Crippen LogP contribution in [0.1, 0.15) is 45.1 Å². The van der Waals surface area contributed by atoms with E-state index >= 15 is 0 Å². The zero-order chi connectivity index (χ0) is 21.8. The minimum absolute atomic E-state index is 0.112. The van der Waals surface area contributed by atoms with Crippen molar-refractivity contribution in [3.05, 3.63) is 35.9 Å². The maximum absolute atomic E-state index is 12.8. The van der Waals surface area contributed by atoms with Gasteiger partial charge in [-0.3, -0.25) is 24.1 Å². The highest BCUT2D eigenvalue weighted by Crippen LogP contribution is 2.31. The van der Waals surface area contributed by atoms with Gasteiger partial charge in [-0.15, -0.1) is 0 Å². The molecule has 30 heavy (non-hydrogen) atoms. The van der Waals surface area contributed by atoms with E-state index in [2.05, 4.69) is 5.32 Å². The van der Waals surface area contributed by atoms with Gasteiger partial charge in [-0.25, -0.2) is 9.69 Å². The van der Waals surface area contributed by atoms with Crippen LogP contribution >= 0.6 is 0 Å². The minimum atomic E-state index is -0.990. The van der Waals surface area contributed by atoms with Crippen molar-refractivity contribution in [2.45, 2.75) is 58.0 Å². The van der Waals surface area contributed by atoms with Crippen LogP contribution < -0.4 is 5.32 Å². The van der Waals surface area contributed by atoms with Crippen LogP contribution in [-0.2, 0) is 25.6 Å². The normalized spacial score (nSPS) is 22.9. The molecular weight excluding hydrogens is 386 g/mol. The van der Waals surface area contributed by atoms with E-state index < -0.39 is 36.3 Å². The van der Waals surface area contributed by atoms with Gasteiger partial charge >= 0.3 is 17.8 Å². The molecule has 8 nitrogen and oxygen atoms in total. The number of ketones is 1. The molecule has 1 aromatic rings. The van der Waals surface area contributed by atoms with Gasteiger partial charge in [0.05, 0.1) is 6.04 Å². The van der Waals surface area contributed by atoms with E-state index in [1.54, 1.807) is 0 Å². The first-order chi connectivity index (χ1) is 14.3. The Labute approximate surface area is 175 Å². The summed E-state index contributed by atoms with van der Waals surface area (Å²) in [5, 5.41) is 2.59. The van der Waals surface area contributed by atoms with Gasteiger partial charge in [-0.2, -0.15) is 0 Å². The smallest absolute Gasteiger partial charge is 0.334 e. The van der Waals surface area contributed by atoms with E-state index in [1.165, 1.54) is 6.92 Å². The number of hydrogen-bond donors (Lipinski definition) is 1. The third-order valence-corrected chi connectivity index (χ3v) is 5.89. The van der Waals surface area contributed by atoms with Crippen LogP contribution in [-0.4, -0.2) is 58.0 Å². The highest BCUT2D eigenvalue weighted by molar-refractivity contribution is 6.45. The molecule has 1 N–H and O–H groups in total. The van der Waals surface area contributed by atoms with Crippen molar-refractivity contribution in [1.29, 1.82) is 0 Å². The fraction of sp³-hybridized carbons (Fsp3) is 0.500. The molecule has 8 heteroatoms. The van der Waals surface area contributed by atoms with Gasteiger partial charge in [0.15, 0.2) is 5.78 Å². The Morgan fingerprint density at radius 1 is 1.07 bits per heavy atom. The summed E-state index contributed by atoms with van der Waals surface area (Å²) in [6.07, 6.45) is 3.77. The number of benzene rings is 1. The average molecular weight is 413 g/mol. The van der Waals surface area contributed by atoms with E-state index in [-0.39, 0.29) is 17.7 Å². The Morgan fingerprint density at radius 3 is 2.37 bits per heavy atom. The van der Waals surface area contributed by atoms with Crippen LogP contribution in [0.25, 0.3) is 0 Å². The fourth-order valence-electron chi connectivity index (χ4n) is 4.16. The van der Waals surface area contributed by atoms with Crippen molar-refractivity contribution in [2.75, 3.05) is 6.54 Å². The SMILES string of the molecule is CC(=O)[C@H](Cc1ccccc1)NC(=O)CN1C(=O)C(=O)N([C@H]2CCCC[C@@H]2C)C1=O. The van der Waals surface area contributed by atoms with Crippen molar-refractivity contribution in [3.63, 3.8) is 0 Å². The largest absolute Gasteiger partial charge is 0.344 e. The molecule has 0 unspecified atom stereocenters. The number of carbonyl (C=O) groups is 5. The van der Waals surface area contributed by atoms with Crippen LogP contribution in [0.5, 0.6) is 0 Å². The predicted molar refractivity (Wildman–Crippen MR) is 108 cm³/mol. The highest BCUT2D eigenvalue weighted by Gasteiger charge is 2.49. The van der Waals surface area contributed by atoms with Crippen LogP contribution in [0.3, 0.4) is 0 Å². The quantitative estimate of drug-likeness (QED) is 0.541. The molecule has 0 bridgehead atoms. The molecule has 1 aliphatic carbocycles. The number of rotatable bonds is 7. The molecule has 160 valence electrons. The topological polar surface area (TPSA) is 104 Å². The average Bonchev–Trinajstić information content (AvgIpc) is 2.92. The van der Waals surface area contributed by atoms with Crippen molar-refractivity contribution in [1.82, 2.24) is 15.1 Å². The van der Waals surface area contributed by atoms with Gasteiger partial charge in [-0.1, -0.05) is 50.1 Å². The maximum Gasteiger partial charge on any atom is 0.334 e. The Bertz CT molecular complexity index is 854. The third-order valence-electron chi connectivity index (χ3n) is 5.89. The second-order valence-corrected chi connectivity index (χ2v) is 8.10.